The van der Waals surface area contributed by atoms with Gasteiger partial charge >= 0.3 is 5.97 Å². The Hall–Kier alpha value is -0.570. The van der Waals surface area contributed by atoms with Crippen molar-refractivity contribution in [2.45, 2.75) is 31.7 Å². The van der Waals surface area contributed by atoms with E-state index in [1.807, 2.05) is 0 Å². The summed E-state index contributed by atoms with van der Waals surface area (Å²) in [5.74, 6) is -0.211. The lowest BCUT2D eigenvalue weighted by molar-refractivity contribution is -0.138. The number of rotatable bonds is 4. The highest BCUT2D eigenvalue weighted by molar-refractivity contribution is 5.73. The second kappa shape index (κ2) is 3.29. The molecule has 0 heterocycles. The number of carboxylic acids is 1. The fourth-order valence-electron chi connectivity index (χ4n) is 2.10. The molecule has 2 rings (SSSR count). The molecule has 2 atom stereocenters. The third-order valence-corrected chi connectivity index (χ3v) is 3.46. The average molecular weight is 183 g/mol. The molecule has 74 valence electrons. The summed E-state index contributed by atoms with van der Waals surface area (Å²) >= 11 is 0. The van der Waals surface area contributed by atoms with Gasteiger partial charge in [0.25, 0.3) is 0 Å². The van der Waals surface area contributed by atoms with Gasteiger partial charge in [-0.25, -0.2) is 0 Å². The van der Waals surface area contributed by atoms with Gasteiger partial charge in [-0.15, -0.1) is 0 Å². The third-order valence-electron chi connectivity index (χ3n) is 3.46. The van der Waals surface area contributed by atoms with Crippen LogP contribution in [0, 0.1) is 11.8 Å². The molecule has 0 spiro atoms. The Balaban J connectivity index is 1.70. The molecule has 0 radical (unpaired) electrons. The highest BCUT2D eigenvalue weighted by atomic mass is 16.4. The first-order valence-corrected chi connectivity index (χ1v) is 5.11. The highest BCUT2D eigenvalue weighted by Gasteiger charge is 2.44. The molecule has 0 saturated heterocycles. The van der Waals surface area contributed by atoms with Crippen LogP contribution in [-0.2, 0) is 4.79 Å². The second-order valence-electron chi connectivity index (χ2n) is 4.46. The largest absolute Gasteiger partial charge is 0.481 e. The van der Waals surface area contributed by atoms with Gasteiger partial charge in [0.1, 0.15) is 0 Å². The van der Waals surface area contributed by atoms with Crippen LogP contribution < -0.4 is 0 Å². The predicted molar refractivity (Wildman–Crippen MR) is 49.5 cm³/mol. The van der Waals surface area contributed by atoms with Gasteiger partial charge in [0.2, 0.25) is 0 Å². The molecule has 13 heavy (non-hydrogen) atoms. The fraction of sp³-hybridized carbons (Fsp3) is 0.900. The Morgan fingerprint density at radius 3 is 2.62 bits per heavy atom. The zero-order valence-corrected chi connectivity index (χ0v) is 8.07. The van der Waals surface area contributed by atoms with Crippen molar-refractivity contribution in [2.75, 3.05) is 13.6 Å². The van der Waals surface area contributed by atoms with E-state index in [4.69, 9.17) is 5.11 Å². The van der Waals surface area contributed by atoms with Crippen molar-refractivity contribution in [1.29, 1.82) is 0 Å². The van der Waals surface area contributed by atoms with Gasteiger partial charge in [0.05, 0.1) is 5.92 Å². The lowest BCUT2D eigenvalue weighted by atomic mass is 9.92. The minimum atomic E-state index is -0.605. The van der Waals surface area contributed by atoms with Crippen LogP contribution >= 0.6 is 0 Å². The normalized spacial score (nSPS) is 33.1. The molecule has 2 aliphatic carbocycles. The van der Waals surface area contributed by atoms with Crippen molar-refractivity contribution < 1.29 is 9.90 Å². The zero-order chi connectivity index (χ0) is 9.42. The zero-order valence-electron chi connectivity index (χ0n) is 8.07. The van der Waals surface area contributed by atoms with Gasteiger partial charge in [0.15, 0.2) is 0 Å². The smallest absolute Gasteiger partial charge is 0.306 e. The molecule has 0 amide bonds. The molecule has 0 aromatic carbocycles. The van der Waals surface area contributed by atoms with Crippen molar-refractivity contribution in [3.63, 3.8) is 0 Å². The van der Waals surface area contributed by atoms with Gasteiger partial charge in [0, 0.05) is 12.6 Å². The van der Waals surface area contributed by atoms with Crippen molar-refractivity contribution in [3.8, 4) is 0 Å². The van der Waals surface area contributed by atoms with Crippen LogP contribution in [0.5, 0.6) is 0 Å². The summed E-state index contributed by atoms with van der Waals surface area (Å²) in [6.45, 7) is 0.988. The van der Waals surface area contributed by atoms with Crippen LogP contribution in [0.15, 0.2) is 0 Å². The Labute approximate surface area is 78.7 Å². The molecule has 3 nitrogen and oxygen atoms in total. The maximum Gasteiger partial charge on any atom is 0.306 e. The first-order valence-electron chi connectivity index (χ1n) is 5.11. The van der Waals surface area contributed by atoms with Gasteiger partial charge in [-0.1, -0.05) is 6.42 Å². The quantitative estimate of drug-likeness (QED) is 0.711. The number of aliphatic carboxylic acids is 1. The Kier molecular flexibility index (Phi) is 2.28. The molecule has 0 aromatic rings. The van der Waals surface area contributed by atoms with E-state index >= 15 is 0 Å². The number of carboxylic acid groups (broad SMARTS) is 1. The van der Waals surface area contributed by atoms with E-state index < -0.39 is 5.97 Å². The van der Waals surface area contributed by atoms with Crippen LogP contribution in [0.3, 0.4) is 0 Å². The molecule has 0 aliphatic heterocycles. The number of carbonyl (C=O) groups is 1. The number of hydrogen-bond acceptors (Lipinski definition) is 2. The molecule has 2 saturated carbocycles. The molecular formula is C10H17NO2. The van der Waals surface area contributed by atoms with Crippen LogP contribution in [0.2, 0.25) is 0 Å². The van der Waals surface area contributed by atoms with Crippen LogP contribution in [-0.4, -0.2) is 35.6 Å². The Morgan fingerprint density at radius 2 is 2.23 bits per heavy atom. The van der Waals surface area contributed by atoms with Gasteiger partial charge in [-0.05, 0) is 32.2 Å². The van der Waals surface area contributed by atoms with Crippen molar-refractivity contribution in [2.24, 2.45) is 11.8 Å². The molecule has 2 aliphatic rings. The van der Waals surface area contributed by atoms with E-state index in [2.05, 4.69) is 11.9 Å². The van der Waals surface area contributed by atoms with E-state index in [1.165, 1.54) is 19.3 Å². The van der Waals surface area contributed by atoms with Crippen LogP contribution in [0.4, 0.5) is 0 Å². The van der Waals surface area contributed by atoms with Crippen LogP contribution in [0.1, 0.15) is 25.7 Å². The molecule has 0 aromatic heterocycles. The molecule has 2 fully saturated rings. The lowest BCUT2D eigenvalue weighted by Crippen LogP contribution is -2.38. The first kappa shape index (κ1) is 9.00. The summed E-state index contributed by atoms with van der Waals surface area (Å²) in [5, 5.41) is 8.73. The monoisotopic (exact) mass is 183 g/mol. The fourth-order valence-corrected chi connectivity index (χ4v) is 2.10. The highest BCUT2D eigenvalue weighted by Crippen LogP contribution is 2.40. The van der Waals surface area contributed by atoms with Gasteiger partial charge in [-0.3, -0.25) is 4.79 Å². The minimum absolute atomic E-state index is 0.0393. The van der Waals surface area contributed by atoms with Crippen molar-refractivity contribution in [1.82, 2.24) is 4.90 Å². The molecule has 1 N–H and O–H groups in total. The lowest BCUT2D eigenvalue weighted by Gasteiger charge is -2.34. The minimum Gasteiger partial charge on any atom is -0.481 e. The maximum absolute atomic E-state index is 10.6. The molecule has 3 heteroatoms. The summed E-state index contributed by atoms with van der Waals surface area (Å²) in [6.07, 6.45) is 4.86. The predicted octanol–water partition coefficient (Wildman–Crippen LogP) is 1.19. The van der Waals surface area contributed by atoms with Gasteiger partial charge < -0.3 is 10.0 Å². The van der Waals surface area contributed by atoms with E-state index in [0.717, 1.165) is 19.0 Å². The van der Waals surface area contributed by atoms with Crippen molar-refractivity contribution >= 4 is 5.97 Å². The van der Waals surface area contributed by atoms with Crippen LogP contribution in [0.25, 0.3) is 0 Å². The average Bonchev–Trinajstić information content (AvgIpc) is 2.62. The van der Waals surface area contributed by atoms with Gasteiger partial charge in [-0.2, -0.15) is 0 Å². The summed E-state index contributed by atoms with van der Waals surface area (Å²) in [6, 6.07) is 0.745. The third kappa shape index (κ3) is 1.85. The number of nitrogens with zero attached hydrogens (tertiary/aromatic N) is 1. The number of hydrogen-bond donors (Lipinski definition) is 1. The standard InChI is InChI=1S/C10H17NO2/c1-11(8-3-2-4-8)6-7-5-9(7)10(12)13/h7-9H,2-6H2,1H3,(H,12,13). The topological polar surface area (TPSA) is 40.5 Å². The molecular weight excluding hydrogens is 166 g/mol. The van der Waals surface area contributed by atoms with E-state index in [9.17, 15) is 4.79 Å². The van der Waals surface area contributed by atoms with Crippen molar-refractivity contribution in [3.05, 3.63) is 0 Å². The molecule has 2 unspecified atom stereocenters. The first-order chi connectivity index (χ1) is 6.18. The maximum atomic E-state index is 10.6. The van der Waals surface area contributed by atoms with E-state index in [1.54, 1.807) is 0 Å². The summed E-state index contributed by atoms with van der Waals surface area (Å²) in [7, 11) is 2.13. The Bertz CT molecular complexity index is 213. The summed E-state index contributed by atoms with van der Waals surface area (Å²) in [4.78, 5) is 12.9. The SMILES string of the molecule is CN(CC1CC1C(=O)O)C1CCC1. The Morgan fingerprint density at radius 1 is 1.54 bits per heavy atom. The van der Waals surface area contributed by atoms with E-state index in [0.29, 0.717) is 5.92 Å². The second-order valence-corrected chi connectivity index (χ2v) is 4.46. The molecule has 0 bridgehead atoms. The summed E-state index contributed by atoms with van der Waals surface area (Å²) < 4.78 is 0. The van der Waals surface area contributed by atoms with E-state index in [-0.39, 0.29) is 5.92 Å². The summed E-state index contributed by atoms with van der Waals surface area (Å²) in [5.41, 5.74) is 0.